The van der Waals surface area contributed by atoms with Crippen molar-refractivity contribution >= 4 is 34.0 Å². The molecule has 2 aromatic carbocycles. The molecule has 0 saturated carbocycles. The summed E-state index contributed by atoms with van der Waals surface area (Å²) in [6.45, 7) is 18.3. The number of aromatic nitrogens is 3. The van der Waals surface area contributed by atoms with E-state index in [0.29, 0.717) is 49.1 Å². The van der Waals surface area contributed by atoms with Gasteiger partial charge >= 0.3 is 5.69 Å². The Morgan fingerprint density at radius 2 is 1.93 bits per heavy atom. The standard InChI is InChI=1S/C32H35N5O3S/c1-8-24(38)35-11-12-36(20(6)14-35)30-23-13-19(5)25-26-21(7)18(4)9-10-22(26)15-40-28(25)27(23)37(32(39)34-30)31-29(17(2)3)41-16-33-31/h8-10,13,16-17,20H,1,11-12,14-15H2,2-7H3/t20-/m0/s1. The van der Waals surface area contributed by atoms with Crippen LogP contribution in [0.3, 0.4) is 0 Å². The Kier molecular flexibility index (Phi) is 6.72. The molecule has 0 radical (unpaired) electrons. The van der Waals surface area contributed by atoms with Gasteiger partial charge in [0.15, 0.2) is 11.6 Å². The number of aryl methyl sites for hydroxylation is 2. The predicted molar refractivity (Wildman–Crippen MR) is 165 cm³/mol. The topological polar surface area (TPSA) is 80.6 Å². The number of ether oxygens (including phenoxy) is 1. The average molecular weight is 570 g/mol. The molecule has 9 heteroatoms. The lowest BCUT2D eigenvalue weighted by Crippen LogP contribution is -2.54. The molecule has 0 spiro atoms. The van der Waals surface area contributed by atoms with Crippen molar-refractivity contribution in [1.29, 1.82) is 0 Å². The molecule has 0 N–H and O–H groups in total. The molecule has 4 heterocycles. The van der Waals surface area contributed by atoms with Crippen molar-refractivity contribution in [3.63, 3.8) is 0 Å². The lowest BCUT2D eigenvalue weighted by atomic mass is 9.87. The van der Waals surface area contributed by atoms with E-state index < -0.39 is 5.69 Å². The van der Waals surface area contributed by atoms with Gasteiger partial charge in [-0.25, -0.2) is 14.3 Å². The van der Waals surface area contributed by atoms with Gasteiger partial charge in [-0.3, -0.25) is 4.79 Å². The first-order valence-electron chi connectivity index (χ1n) is 14.1. The molecular weight excluding hydrogens is 534 g/mol. The Labute approximate surface area is 243 Å². The Morgan fingerprint density at radius 1 is 1.15 bits per heavy atom. The Bertz CT molecular complexity index is 1790. The summed E-state index contributed by atoms with van der Waals surface area (Å²) < 4.78 is 8.22. The van der Waals surface area contributed by atoms with Crippen LogP contribution in [0.15, 0.2) is 41.2 Å². The minimum absolute atomic E-state index is 0.0491. The van der Waals surface area contributed by atoms with Gasteiger partial charge in [0.2, 0.25) is 5.91 Å². The van der Waals surface area contributed by atoms with E-state index in [2.05, 4.69) is 76.2 Å². The van der Waals surface area contributed by atoms with Gasteiger partial charge in [-0.2, -0.15) is 4.98 Å². The fourth-order valence-electron chi connectivity index (χ4n) is 6.24. The highest BCUT2D eigenvalue weighted by Gasteiger charge is 2.33. The molecule has 212 valence electrons. The van der Waals surface area contributed by atoms with E-state index in [1.807, 2.05) is 0 Å². The van der Waals surface area contributed by atoms with Crippen LogP contribution in [-0.4, -0.2) is 51.0 Å². The highest BCUT2D eigenvalue weighted by atomic mass is 32.1. The summed E-state index contributed by atoms with van der Waals surface area (Å²) in [5.41, 5.74) is 8.91. The monoisotopic (exact) mass is 569 g/mol. The largest absolute Gasteiger partial charge is 0.486 e. The van der Waals surface area contributed by atoms with E-state index in [1.165, 1.54) is 22.8 Å². The maximum Gasteiger partial charge on any atom is 0.356 e. The van der Waals surface area contributed by atoms with E-state index >= 15 is 0 Å². The van der Waals surface area contributed by atoms with Gasteiger partial charge in [-0.05, 0) is 73.6 Å². The molecule has 0 aliphatic carbocycles. The fraction of sp³-hybridized carbons (Fsp3) is 0.375. The SMILES string of the molecule is C=CC(=O)N1CCN(c2nc(=O)n(-c3ncsc3C(C)C)c3c4c(c(C)cc23)-c2c(ccc(C)c2C)CO4)[C@@H](C)C1. The predicted octanol–water partition coefficient (Wildman–Crippen LogP) is 5.67. The van der Waals surface area contributed by atoms with Crippen molar-refractivity contribution in [2.45, 2.75) is 60.1 Å². The second-order valence-corrected chi connectivity index (χ2v) is 12.3. The lowest BCUT2D eigenvalue weighted by Gasteiger charge is -2.40. The van der Waals surface area contributed by atoms with Crippen LogP contribution in [0.1, 0.15) is 53.8 Å². The molecule has 1 amide bonds. The van der Waals surface area contributed by atoms with Crippen molar-refractivity contribution in [1.82, 2.24) is 19.4 Å². The third-order valence-corrected chi connectivity index (χ3v) is 9.57. The highest BCUT2D eigenvalue weighted by molar-refractivity contribution is 7.10. The Morgan fingerprint density at radius 3 is 2.63 bits per heavy atom. The molecule has 0 bridgehead atoms. The second-order valence-electron chi connectivity index (χ2n) is 11.4. The van der Waals surface area contributed by atoms with Crippen LogP contribution in [0.5, 0.6) is 5.75 Å². The fourth-order valence-corrected chi connectivity index (χ4v) is 7.02. The van der Waals surface area contributed by atoms with Crippen LogP contribution < -0.4 is 15.3 Å². The maximum absolute atomic E-state index is 14.1. The van der Waals surface area contributed by atoms with E-state index in [-0.39, 0.29) is 17.9 Å². The van der Waals surface area contributed by atoms with Gasteiger partial charge in [-0.15, -0.1) is 11.3 Å². The number of rotatable bonds is 4. The minimum atomic E-state index is -0.390. The first kappa shape index (κ1) is 27.2. The van der Waals surface area contributed by atoms with Gasteiger partial charge in [-0.1, -0.05) is 32.6 Å². The molecule has 6 rings (SSSR count). The van der Waals surface area contributed by atoms with Crippen molar-refractivity contribution in [2.75, 3.05) is 24.5 Å². The molecule has 2 aliphatic heterocycles. The normalized spacial score (nSPS) is 16.5. The molecule has 0 unspecified atom stereocenters. The van der Waals surface area contributed by atoms with E-state index in [4.69, 9.17) is 9.72 Å². The molecule has 1 fully saturated rings. The zero-order chi connectivity index (χ0) is 29.2. The molecule has 1 atom stereocenters. The quantitative estimate of drug-likeness (QED) is 0.295. The molecule has 41 heavy (non-hydrogen) atoms. The number of fused-ring (bicyclic) bond motifs is 5. The van der Waals surface area contributed by atoms with Gasteiger partial charge < -0.3 is 14.5 Å². The number of carbonyl (C=O) groups is 1. The van der Waals surface area contributed by atoms with Crippen LogP contribution in [0, 0.1) is 20.8 Å². The summed E-state index contributed by atoms with van der Waals surface area (Å²) in [6.07, 6.45) is 1.35. The molecular formula is C32H35N5O3S. The summed E-state index contributed by atoms with van der Waals surface area (Å²) >= 11 is 1.55. The summed E-state index contributed by atoms with van der Waals surface area (Å²) in [5, 5.41) is 0.840. The third kappa shape index (κ3) is 4.25. The Balaban J connectivity index is 1.67. The molecule has 8 nitrogen and oxygen atoms in total. The zero-order valence-electron chi connectivity index (χ0n) is 24.4. The number of anilines is 1. The van der Waals surface area contributed by atoms with Crippen molar-refractivity contribution in [2.24, 2.45) is 0 Å². The first-order valence-corrected chi connectivity index (χ1v) is 14.9. The van der Waals surface area contributed by atoms with E-state index in [9.17, 15) is 9.59 Å². The number of hydrogen-bond acceptors (Lipinski definition) is 7. The number of nitrogens with zero attached hydrogens (tertiary/aromatic N) is 5. The molecule has 2 aromatic heterocycles. The van der Waals surface area contributed by atoms with Gasteiger partial charge in [0.1, 0.15) is 17.9 Å². The van der Waals surface area contributed by atoms with Gasteiger partial charge in [0.25, 0.3) is 0 Å². The summed E-state index contributed by atoms with van der Waals surface area (Å²) in [5.74, 6) is 2.01. The second kappa shape index (κ2) is 10.1. The maximum atomic E-state index is 14.1. The van der Waals surface area contributed by atoms with Crippen LogP contribution in [0.2, 0.25) is 0 Å². The van der Waals surface area contributed by atoms with Crippen molar-refractivity contribution in [3.8, 4) is 22.7 Å². The third-order valence-electron chi connectivity index (χ3n) is 8.45. The number of piperazine rings is 1. The Hall–Kier alpha value is -3.98. The number of thiazole rings is 1. The average Bonchev–Trinajstić information content (AvgIpc) is 3.44. The lowest BCUT2D eigenvalue weighted by molar-refractivity contribution is -0.126. The van der Waals surface area contributed by atoms with Crippen molar-refractivity contribution in [3.05, 3.63) is 74.0 Å². The van der Waals surface area contributed by atoms with Crippen LogP contribution >= 0.6 is 11.3 Å². The van der Waals surface area contributed by atoms with Gasteiger partial charge in [0, 0.05) is 36.6 Å². The smallest absolute Gasteiger partial charge is 0.356 e. The zero-order valence-corrected chi connectivity index (χ0v) is 25.3. The number of amides is 1. The van der Waals surface area contributed by atoms with Crippen LogP contribution in [0.25, 0.3) is 27.8 Å². The van der Waals surface area contributed by atoms with Gasteiger partial charge in [0.05, 0.1) is 10.4 Å². The molecule has 2 aliphatic rings. The van der Waals surface area contributed by atoms with E-state index in [0.717, 1.165) is 27.0 Å². The van der Waals surface area contributed by atoms with E-state index in [1.54, 1.807) is 26.3 Å². The minimum Gasteiger partial charge on any atom is -0.486 e. The number of hydrogen-bond donors (Lipinski definition) is 0. The highest BCUT2D eigenvalue weighted by Crippen LogP contribution is 2.48. The van der Waals surface area contributed by atoms with Crippen LogP contribution in [-0.2, 0) is 11.4 Å². The molecule has 1 saturated heterocycles. The number of benzene rings is 2. The summed E-state index contributed by atoms with van der Waals surface area (Å²) in [4.78, 5) is 40.8. The number of carbonyl (C=O) groups excluding carboxylic acids is 1. The summed E-state index contributed by atoms with van der Waals surface area (Å²) in [6, 6.07) is 6.37. The molecule has 4 aromatic rings. The van der Waals surface area contributed by atoms with Crippen LogP contribution in [0.4, 0.5) is 5.82 Å². The summed E-state index contributed by atoms with van der Waals surface area (Å²) in [7, 11) is 0. The van der Waals surface area contributed by atoms with Crippen molar-refractivity contribution < 1.29 is 9.53 Å². The first-order chi connectivity index (χ1) is 19.6.